The molecule has 13 heavy (non-hydrogen) atoms. The van der Waals surface area contributed by atoms with Gasteiger partial charge in [-0.2, -0.15) is 4.99 Å². The lowest BCUT2D eigenvalue weighted by Crippen LogP contribution is -2.08. The number of hydrogen-bond acceptors (Lipinski definition) is 3. The minimum atomic E-state index is -0.353. The van der Waals surface area contributed by atoms with E-state index in [4.69, 9.17) is 0 Å². The smallest absolute Gasteiger partial charge is 0.240 e. The summed E-state index contributed by atoms with van der Waals surface area (Å²) in [7, 11) is 3.50. The largest absolute Gasteiger partial charge is 0.376 e. The summed E-state index contributed by atoms with van der Waals surface area (Å²) in [6.07, 6.45) is 1.42. The van der Waals surface area contributed by atoms with Crippen LogP contribution in [0.15, 0.2) is 23.2 Å². The lowest BCUT2D eigenvalue weighted by molar-refractivity contribution is 0.565. The van der Waals surface area contributed by atoms with Crippen LogP contribution < -0.4 is 4.90 Å². The van der Waals surface area contributed by atoms with Crippen LogP contribution in [0.3, 0.4) is 0 Å². The third-order valence-electron chi connectivity index (χ3n) is 1.59. The van der Waals surface area contributed by atoms with Gasteiger partial charge in [-0.25, -0.2) is 9.18 Å². The van der Waals surface area contributed by atoms with E-state index < -0.39 is 0 Å². The van der Waals surface area contributed by atoms with Crippen molar-refractivity contribution in [2.75, 3.05) is 19.0 Å². The highest BCUT2D eigenvalue weighted by molar-refractivity contribution is 5.69. The maximum absolute atomic E-state index is 12.8. The molecule has 0 aliphatic heterocycles. The fourth-order valence-electron chi connectivity index (χ4n) is 0.999. The number of rotatable bonds is 2. The van der Waals surface area contributed by atoms with Gasteiger partial charge in [-0.05, 0) is 18.2 Å². The zero-order valence-electron chi connectivity index (χ0n) is 7.41. The molecular weight excluding hydrogens is 171 g/mol. The zero-order chi connectivity index (χ0) is 9.84. The summed E-state index contributed by atoms with van der Waals surface area (Å²) in [5.74, 6) is -0.353. The molecule has 0 unspecified atom stereocenters. The highest BCUT2D eigenvalue weighted by Crippen LogP contribution is 2.27. The van der Waals surface area contributed by atoms with Gasteiger partial charge in [0.25, 0.3) is 0 Å². The summed E-state index contributed by atoms with van der Waals surface area (Å²) < 4.78 is 12.8. The highest BCUT2D eigenvalue weighted by Gasteiger charge is 2.04. The molecule has 0 saturated carbocycles. The third-order valence-corrected chi connectivity index (χ3v) is 1.59. The molecule has 1 aromatic carbocycles. The normalized spacial score (nSPS) is 9.15. The molecule has 0 aromatic heterocycles. The van der Waals surface area contributed by atoms with E-state index in [1.165, 1.54) is 24.3 Å². The fourth-order valence-corrected chi connectivity index (χ4v) is 0.999. The Hall–Kier alpha value is -1.67. The number of carbonyl (C=O) groups excluding carboxylic acids is 1. The molecule has 0 amide bonds. The van der Waals surface area contributed by atoms with Crippen molar-refractivity contribution in [2.24, 2.45) is 4.99 Å². The average molecular weight is 180 g/mol. The Bertz CT molecular complexity index is 357. The van der Waals surface area contributed by atoms with E-state index in [1.54, 1.807) is 19.0 Å². The van der Waals surface area contributed by atoms with Crippen molar-refractivity contribution in [1.29, 1.82) is 0 Å². The van der Waals surface area contributed by atoms with Crippen LogP contribution in [-0.4, -0.2) is 20.2 Å². The van der Waals surface area contributed by atoms with Crippen LogP contribution in [-0.2, 0) is 4.79 Å². The van der Waals surface area contributed by atoms with Gasteiger partial charge in [0.1, 0.15) is 5.82 Å². The van der Waals surface area contributed by atoms with E-state index in [-0.39, 0.29) is 5.82 Å². The average Bonchev–Trinajstić information content (AvgIpc) is 2.08. The second-order valence-electron chi connectivity index (χ2n) is 2.73. The summed E-state index contributed by atoms with van der Waals surface area (Å²) in [4.78, 5) is 15.2. The predicted octanol–water partition coefficient (Wildman–Crippen LogP) is 1.86. The number of isocyanates is 1. The van der Waals surface area contributed by atoms with Crippen molar-refractivity contribution in [3.8, 4) is 0 Å². The van der Waals surface area contributed by atoms with Crippen LogP contribution in [0, 0.1) is 5.82 Å². The maximum atomic E-state index is 12.8. The quantitative estimate of drug-likeness (QED) is 0.514. The Balaban J connectivity index is 3.26. The Morgan fingerprint density at radius 3 is 2.69 bits per heavy atom. The van der Waals surface area contributed by atoms with E-state index in [1.807, 2.05) is 0 Å². The van der Waals surface area contributed by atoms with Gasteiger partial charge in [-0.15, -0.1) is 0 Å². The van der Waals surface area contributed by atoms with Crippen molar-refractivity contribution < 1.29 is 9.18 Å². The molecular formula is C9H9FN2O. The first-order valence-corrected chi connectivity index (χ1v) is 3.70. The maximum Gasteiger partial charge on any atom is 0.240 e. The molecule has 3 nitrogen and oxygen atoms in total. The van der Waals surface area contributed by atoms with Gasteiger partial charge in [0.05, 0.1) is 11.4 Å². The topological polar surface area (TPSA) is 32.7 Å². The Morgan fingerprint density at radius 1 is 1.46 bits per heavy atom. The molecule has 0 aliphatic rings. The molecule has 68 valence electrons. The molecule has 1 aromatic rings. The summed E-state index contributed by atoms with van der Waals surface area (Å²) in [6.45, 7) is 0. The first-order valence-electron chi connectivity index (χ1n) is 3.70. The summed E-state index contributed by atoms with van der Waals surface area (Å²) in [5.41, 5.74) is 0.977. The van der Waals surface area contributed by atoms with Crippen molar-refractivity contribution in [2.45, 2.75) is 0 Å². The molecule has 0 bridgehead atoms. The Kier molecular flexibility index (Phi) is 2.77. The van der Waals surface area contributed by atoms with Crippen LogP contribution in [0.25, 0.3) is 0 Å². The van der Waals surface area contributed by atoms with Gasteiger partial charge in [0.15, 0.2) is 0 Å². The molecule has 0 aliphatic carbocycles. The molecule has 0 radical (unpaired) electrons. The molecule has 0 spiro atoms. The number of aliphatic imine (C=N–C) groups is 1. The Labute approximate surface area is 75.5 Å². The van der Waals surface area contributed by atoms with Crippen LogP contribution >= 0.6 is 0 Å². The van der Waals surface area contributed by atoms with Crippen LogP contribution in [0.4, 0.5) is 15.8 Å². The van der Waals surface area contributed by atoms with Crippen molar-refractivity contribution in [3.63, 3.8) is 0 Å². The molecule has 0 N–H and O–H groups in total. The van der Waals surface area contributed by atoms with Crippen LogP contribution in [0.2, 0.25) is 0 Å². The lowest BCUT2D eigenvalue weighted by Gasteiger charge is -2.13. The van der Waals surface area contributed by atoms with Gasteiger partial charge in [0, 0.05) is 14.1 Å². The van der Waals surface area contributed by atoms with Crippen molar-refractivity contribution >= 4 is 17.5 Å². The van der Waals surface area contributed by atoms with Gasteiger partial charge >= 0.3 is 0 Å². The highest BCUT2D eigenvalue weighted by atomic mass is 19.1. The summed E-state index contributed by atoms with van der Waals surface area (Å²) >= 11 is 0. The standard InChI is InChI=1S/C9H9FN2O/c1-12(2)9-5-7(10)3-4-8(9)11-6-13/h3-5H,1-2H3. The second kappa shape index (κ2) is 3.83. The fraction of sp³-hybridized carbons (Fsp3) is 0.222. The van der Waals surface area contributed by atoms with Crippen LogP contribution in [0.1, 0.15) is 0 Å². The van der Waals surface area contributed by atoms with Crippen LogP contribution in [0.5, 0.6) is 0 Å². The number of hydrogen-bond donors (Lipinski definition) is 0. The number of nitrogens with zero attached hydrogens (tertiary/aromatic N) is 2. The van der Waals surface area contributed by atoms with Crippen molar-refractivity contribution in [1.82, 2.24) is 0 Å². The van der Waals surface area contributed by atoms with Gasteiger partial charge in [-0.3, -0.25) is 0 Å². The summed E-state index contributed by atoms with van der Waals surface area (Å²) in [5, 5.41) is 0. The van der Waals surface area contributed by atoms with Crippen molar-refractivity contribution in [3.05, 3.63) is 24.0 Å². The lowest BCUT2D eigenvalue weighted by atomic mass is 10.2. The molecule has 0 atom stereocenters. The van der Waals surface area contributed by atoms with Gasteiger partial charge in [0.2, 0.25) is 6.08 Å². The second-order valence-corrected chi connectivity index (χ2v) is 2.73. The minimum absolute atomic E-state index is 0.353. The predicted molar refractivity (Wildman–Crippen MR) is 48.5 cm³/mol. The monoisotopic (exact) mass is 180 g/mol. The van der Waals surface area contributed by atoms with E-state index in [0.29, 0.717) is 11.4 Å². The Morgan fingerprint density at radius 2 is 2.15 bits per heavy atom. The first kappa shape index (κ1) is 9.42. The van der Waals surface area contributed by atoms with E-state index in [0.717, 1.165) is 0 Å². The van der Waals surface area contributed by atoms with E-state index >= 15 is 0 Å². The number of anilines is 1. The van der Waals surface area contributed by atoms with Gasteiger partial charge < -0.3 is 4.90 Å². The summed E-state index contributed by atoms with van der Waals surface area (Å²) in [6, 6.07) is 4.01. The number of halogens is 1. The number of benzene rings is 1. The SMILES string of the molecule is CN(C)c1cc(F)ccc1N=C=O. The zero-order valence-corrected chi connectivity index (χ0v) is 7.41. The van der Waals surface area contributed by atoms with E-state index in [2.05, 4.69) is 4.99 Å². The minimum Gasteiger partial charge on any atom is -0.376 e. The first-order chi connectivity index (χ1) is 6.15. The van der Waals surface area contributed by atoms with Gasteiger partial charge in [-0.1, -0.05) is 0 Å². The molecule has 0 saturated heterocycles. The molecule has 1 rings (SSSR count). The van der Waals surface area contributed by atoms with E-state index in [9.17, 15) is 9.18 Å². The third kappa shape index (κ3) is 2.13. The molecule has 4 heteroatoms. The molecule has 0 heterocycles. The molecule has 0 fully saturated rings.